The number of aliphatic carboxylic acids is 1. The summed E-state index contributed by atoms with van der Waals surface area (Å²) in [5.74, 6) is -2.01. The minimum atomic E-state index is -0.988. The van der Waals surface area contributed by atoms with Gasteiger partial charge in [-0.1, -0.05) is 24.3 Å². The summed E-state index contributed by atoms with van der Waals surface area (Å²) in [5, 5.41) is 12.4. The van der Waals surface area contributed by atoms with E-state index in [-0.39, 0.29) is 30.2 Å². The Morgan fingerprint density at radius 3 is 2.12 bits per heavy atom. The van der Waals surface area contributed by atoms with E-state index in [1.807, 2.05) is 32.0 Å². The first-order chi connectivity index (χ1) is 16.2. The number of hydrogen-bond acceptors (Lipinski definition) is 3. The molecule has 1 heterocycles. The van der Waals surface area contributed by atoms with Crippen molar-refractivity contribution >= 4 is 23.5 Å². The van der Waals surface area contributed by atoms with Gasteiger partial charge in [0.25, 0.3) is 5.91 Å². The predicted octanol–water partition coefficient (Wildman–Crippen LogP) is 4.41. The molecule has 3 aromatic carbocycles. The Morgan fingerprint density at radius 1 is 0.912 bits per heavy atom. The second-order valence-electron chi connectivity index (χ2n) is 8.50. The fourth-order valence-corrected chi connectivity index (χ4v) is 4.60. The van der Waals surface area contributed by atoms with E-state index < -0.39 is 11.8 Å². The van der Waals surface area contributed by atoms with E-state index in [2.05, 4.69) is 5.32 Å². The van der Waals surface area contributed by atoms with Crippen molar-refractivity contribution in [3.63, 3.8) is 0 Å². The lowest BCUT2D eigenvalue weighted by Gasteiger charge is -2.19. The van der Waals surface area contributed by atoms with Gasteiger partial charge in [-0.2, -0.15) is 0 Å². The summed E-state index contributed by atoms with van der Waals surface area (Å²) >= 11 is 0. The molecule has 0 unspecified atom stereocenters. The van der Waals surface area contributed by atoms with Crippen LogP contribution >= 0.6 is 0 Å². The standard InChI is InChI=1S/C27H25FN2O4/c1-16-21(12-25(31)29-20-9-4-3-5-10-20)22(13-26(32)33)17(2)24-15-30(14-23(16)24)27(34)18-7-6-8-19(28)11-18/h3-11H,12-15H2,1-2H3,(H,29,31)(H,32,33). The first-order valence-corrected chi connectivity index (χ1v) is 11.0. The number of para-hydroxylation sites is 1. The normalized spacial score (nSPS) is 12.4. The van der Waals surface area contributed by atoms with Crippen molar-refractivity contribution in [2.24, 2.45) is 0 Å². The number of benzene rings is 3. The van der Waals surface area contributed by atoms with Gasteiger partial charge in [-0.25, -0.2) is 4.39 Å². The summed E-state index contributed by atoms with van der Waals surface area (Å²) in [4.78, 5) is 39.1. The van der Waals surface area contributed by atoms with E-state index >= 15 is 0 Å². The number of nitrogens with one attached hydrogen (secondary N) is 1. The molecule has 0 fully saturated rings. The largest absolute Gasteiger partial charge is 0.481 e. The monoisotopic (exact) mass is 460 g/mol. The van der Waals surface area contributed by atoms with Crippen LogP contribution in [0.25, 0.3) is 0 Å². The molecule has 0 saturated heterocycles. The van der Waals surface area contributed by atoms with Gasteiger partial charge in [0.1, 0.15) is 5.82 Å². The number of rotatable bonds is 6. The number of amides is 2. The molecule has 34 heavy (non-hydrogen) atoms. The van der Waals surface area contributed by atoms with Gasteiger partial charge in [0.15, 0.2) is 0 Å². The van der Waals surface area contributed by atoms with Gasteiger partial charge in [0.2, 0.25) is 5.91 Å². The number of nitrogens with zero attached hydrogens (tertiary/aromatic N) is 1. The van der Waals surface area contributed by atoms with E-state index in [0.717, 1.165) is 22.3 Å². The number of fused-ring (bicyclic) bond motifs is 1. The fourth-order valence-electron chi connectivity index (χ4n) is 4.60. The number of carbonyl (C=O) groups is 3. The van der Waals surface area contributed by atoms with Crippen LogP contribution in [0.3, 0.4) is 0 Å². The second kappa shape index (κ2) is 9.47. The summed E-state index contributed by atoms with van der Waals surface area (Å²) in [6, 6.07) is 14.6. The van der Waals surface area contributed by atoms with E-state index in [4.69, 9.17) is 0 Å². The van der Waals surface area contributed by atoms with Crippen molar-refractivity contribution in [2.75, 3.05) is 5.32 Å². The molecule has 2 amide bonds. The van der Waals surface area contributed by atoms with E-state index in [1.54, 1.807) is 23.1 Å². The minimum absolute atomic E-state index is 0.0231. The highest BCUT2D eigenvalue weighted by atomic mass is 19.1. The molecule has 7 heteroatoms. The van der Waals surface area contributed by atoms with Crippen LogP contribution in [0.4, 0.5) is 10.1 Å². The number of carboxylic acid groups (broad SMARTS) is 1. The Balaban J connectivity index is 1.67. The first kappa shape index (κ1) is 23.2. The Morgan fingerprint density at radius 2 is 1.53 bits per heavy atom. The Bertz CT molecular complexity index is 1290. The third-order valence-electron chi connectivity index (χ3n) is 6.32. The van der Waals surface area contributed by atoms with Crippen molar-refractivity contribution in [3.8, 4) is 0 Å². The van der Waals surface area contributed by atoms with Crippen molar-refractivity contribution in [2.45, 2.75) is 39.8 Å². The van der Waals surface area contributed by atoms with Gasteiger partial charge in [-0.15, -0.1) is 0 Å². The maximum absolute atomic E-state index is 13.6. The Kier molecular flexibility index (Phi) is 6.45. The highest BCUT2D eigenvalue weighted by Crippen LogP contribution is 2.35. The fraction of sp³-hybridized carbons (Fsp3) is 0.222. The van der Waals surface area contributed by atoms with Crippen LogP contribution in [0.5, 0.6) is 0 Å². The molecule has 174 valence electrons. The molecule has 6 nitrogen and oxygen atoms in total. The maximum atomic E-state index is 13.6. The molecule has 4 rings (SSSR count). The first-order valence-electron chi connectivity index (χ1n) is 11.0. The highest BCUT2D eigenvalue weighted by Gasteiger charge is 2.31. The zero-order chi connectivity index (χ0) is 24.4. The molecule has 2 N–H and O–H groups in total. The van der Waals surface area contributed by atoms with Gasteiger partial charge < -0.3 is 15.3 Å². The van der Waals surface area contributed by atoms with Crippen LogP contribution in [0, 0.1) is 19.7 Å². The minimum Gasteiger partial charge on any atom is -0.481 e. The quantitative estimate of drug-likeness (QED) is 0.571. The average molecular weight is 461 g/mol. The zero-order valence-electron chi connectivity index (χ0n) is 19.0. The number of anilines is 1. The summed E-state index contributed by atoms with van der Waals surface area (Å²) < 4.78 is 13.6. The molecular formula is C27H25FN2O4. The summed E-state index contributed by atoms with van der Waals surface area (Å²) in [5.41, 5.74) is 5.60. The third-order valence-corrected chi connectivity index (χ3v) is 6.32. The average Bonchev–Trinajstić information content (AvgIpc) is 3.25. The van der Waals surface area contributed by atoms with Crippen molar-refractivity contribution < 1.29 is 23.9 Å². The Hall–Kier alpha value is -4.00. The van der Waals surface area contributed by atoms with Crippen LogP contribution in [-0.2, 0) is 35.5 Å². The molecular weight excluding hydrogens is 435 g/mol. The summed E-state index contributed by atoms with van der Waals surface area (Å²) in [7, 11) is 0. The van der Waals surface area contributed by atoms with Gasteiger partial charge in [0, 0.05) is 24.3 Å². The van der Waals surface area contributed by atoms with Crippen molar-refractivity contribution in [1.29, 1.82) is 0 Å². The lowest BCUT2D eigenvalue weighted by molar-refractivity contribution is -0.136. The lowest BCUT2D eigenvalue weighted by atomic mass is 9.86. The molecule has 0 bridgehead atoms. The molecule has 3 aromatic rings. The molecule has 0 aliphatic carbocycles. The van der Waals surface area contributed by atoms with Gasteiger partial charge in [0.05, 0.1) is 12.8 Å². The number of hydrogen-bond donors (Lipinski definition) is 2. The summed E-state index contributed by atoms with van der Waals surface area (Å²) in [6.07, 6.45) is -0.193. The molecule has 0 saturated carbocycles. The number of carbonyl (C=O) groups excluding carboxylic acids is 2. The molecule has 0 aromatic heterocycles. The van der Waals surface area contributed by atoms with Gasteiger partial charge >= 0.3 is 5.97 Å². The van der Waals surface area contributed by atoms with Crippen molar-refractivity contribution in [3.05, 3.63) is 99.4 Å². The Labute approximate surface area is 197 Å². The second-order valence-corrected chi connectivity index (χ2v) is 8.50. The smallest absolute Gasteiger partial charge is 0.307 e. The number of halogens is 1. The molecule has 0 atom stereocenters. The third kappa shape index (κ3) is 4.69. The molecule has 0 radical (unpaired) electrons. The van der Waals surface area contributed by atoms with Crippen LogP contribution in [-0.4, -0.2) is 27.8 Å². The van der Waals surface area contributed by atoms with E-state index in [1.165, 1.54) is 18.2 Å². The van der Waals surface area contributed by atoms with Crippen LogP contribution in [0.1, 0.15) is 43.7 Å². The predicted molar refractivity (Wildman–Crippen MR) is 126 cm³/mol. The van der Waals surface area contributed by atoms with Gasteiger partial charge in [-0.3, -0.25) is 14.4 Å². The topological polar surface area (TPSA) is 86.7 Å². The maximum Gasteiger partial charge on any atom is 0.307 e. The zero-order valence-corrected chi connectivity index (χ0v) is 19.0. The van der Waals surface area contributed by atoms with E-state index in [9.17, 15) is 23.9 Å². The van der Waals surface area contributed by atoms with Crippen molar-refractivity contribution in [1.82, 2.24) is 4.90 Å². The van der Waals surface area contributed by atoms with E-state index in [0.29, 0.717) is 29.9 Å². The summed E-state index contributed by atoms with van der Waals surface area (Å²) in [6.45, 7) is 4.33. The molecule has 0 spiro atoms. The van der Waals surface area contributed by atoms with Crippen LogP contribution in [0.15, 0.2) is 54.6 Å². The lowest BCUT2D eigenvalue weighted by Crippen LogP contribution is -2.25. The van der Waals surface area contributed by atoms with Crippen LogP contribution in [0.2, 0.25) is 0 Å². The SMILES string of the molecule is Cc1c(CC(=O)O)c(CC(=O)Nc2ccccc2)c(C)c2c1CN(C(=O)c1cccc(F)c1)C2. The molecule has 1 aliphatic heterocycles. The van der Waals surface area contributed by atoms with Gasteiger partial charge in [-0.05, 0) is 77.6 Å². The highest BCUT2D eigenvalue weighted by molar-refractivity contribution is 5.95. The molecule has 1 aliphatic rings. The number of carboxylic acids is 1. The van der Waals surface area contributed by atoms with Crippen LogP contribution < -0.4 is 5.32 Å².